The molecule has 0 fully saturated rings. The van der Waals surface area contributed by atoms with E-state index in [0.717, 1.165) is 20.3 Å². The first-order valence-electron chi connectivity index (χ1n) is 6.46. The van der Waals surface area contributed by atoms with Crippen molar-refractivity contribution in [1.29, 1.82) is 0 Å². The van der Waals surface area contributed by atoms with Crippen LogP contribution in [-0.2, 0) is 6.54 Å². The van der Waals surface area contributed by atoms with Gasteiger partial charge in [-0.15, -0.1) is 11.3 Å². The Morgan fingerprint density at radius 2 is 2.19 bits per heavy atom. The lowest BCUT2D eigenvalue weighted by atomic mass is 10.1. The van der Waals surface area contributed by atoms with Crippen molar-refractivity contribution in [2.24, 2.45) is 0 Å². The number of hydrogen-bond acceptors (Lipinski definition) is 3. The molecule has 3 nitrogen and oxygen atoms in total. The molecule has 3 aromatic rings. The van der Waals surface area contributed by atoms with Crippen LogP contribution in [-0.4, -0.2) is 22.8 Å². The van der Waals surface area contributed by atoms with E-state index < -0.39 is 0 Å². The number of carbonyl (C=O) groups excluding carboxylic acids is 1. The second kappa shape index (κ2) is 5.95. The van der Waals surface area contributed by atoms with Gasteiger partial charge in [0.15, 0.2) is 0 Å². The summed E-state index contributed by atoms with van der Waals surface area (Å²) in [6.45, 7) is 0.611. The number of amides is 1. The topological polar surface area (TPSA) is 33.2 Å². The van der Waals surface area contributed by atoms with Gasteiger partial charge in [-0.2, -0.15) is 0 Å². The van der Waals surface area contributed by atoms with Crippen molar-refractivity contribution in [2.75, 3.05) is 7.05 Å². The van der Waals surface area contributed by atoms with E-state index in [4.69, 9.17) is 0 Å². The predicted octanol–water partition coefficient (Wildman–Crippen LogP) is 4.33. The fourth-order valence-corrected chi connectivity index (χ4v) is 3.67. The Labute approximate surface area is 135 Å². The number of thiophene rings is 1. The Morgan fingerprint density at radius 3 is 2.95 bits per heavy atom. The Balaban J connectivity index is 1.82. The first-order valence-corrected chi connectivity index (χ1v) is 8.14. The number of fused-ring (bicyclic) bond motifs is 1. The van der Waals surface area contributed by atoms with E-state index in [9.17, 15) is 4.79 Å². The molecule has 0 saturated carbocycles. The fraction of sp³-hybridized carbons (Fsp3) is 0.125. The Morgan fingerprint density at radius 1 is 1.33 bits per heavy atom. The second-order valence-electron chi connectivity index (χ2n) is 4.80. The quantitative estimate of drug-likeness (QED) is 0.696. The third-order valence-electron chi connectivity index (χ3n) is 3.21. The zero-order chi connectivity index (χ0) is 14.8. The van der Waals surface area contributed by atoms with Gasteiger partial charge < -0.3 is 4.90 Å². The summed E-state index contributed by atoms with van der Waals surface area (Å²) in [7, 11) is 1.82. The molecule has 0 aliphatic rings. The highest BCUT2D eigenvalue weighted by Crippen LogP contribution is 2.22. The molecular formula is C16H13BrN2OS. The molecule has 3 rings (SSSR count). The van der Waals surface area contributed by atoms with Crippen LogP contribution >= 0.6 is 27.3 Å². The molecule has 21 heavy (non-hydrogen) atoms. The molecule has 2 heterocycles. The summed E-state index contributed by atoms with van der Waals surface area (Å²) in [6, 6.07) is 11.5. The van der Waals surface area contributed by atoms with Crippen molar-refractivity contribution >= 4 is 44.1 Å². The predicted molar refractivity (Wildman–Crippen MR) is 89.6 cm³/mol. The van der Waals surface area contributed by atoms with Crippen LogP contribution in [0.5, 0.6) is 0 Å². The summed E-state index contributed by atoms with van der Waals surface area (Å²) in [4.78, 5) is 19.7. The summed E-state index contributed by atoms with van der Waals surface area (Å²) in [6.07, 6.45) is 1.75. The van der Waals surface area contributed by atoms with Crippen LogP contribution in [0.15, 0.2) is 52.4 Å². The van der Waals surface area contributed by atoms with Crippen molar-refractivity contribution in [2.45, 2.75) is 6.54 Å². The lowest BCUT2D eigenvalue weighted by molar-refractivity contribution is 0.0786. The molecule has 106 valence electrons. The molecule has 1 amide bonds. The normalized spacial score (nSPS) is 10.8. The van der Waals surface area contributed by atoms with Crippen molar-refractivity contribution in [3.05, 3.63) is 62.9 Å². The van der Waals surface area contributed by atoms with Crippen LogP contribution in [0, 0.1) is 0 Å². The van der Waals surface area contributed by atoms with Crippen LogP contribution in [0.25, 0.3) is 10.9 Å². The largest absolute Gasteiger partial charge is 0.337 e. The zero-order valence-electron chi connectivity index (χ0n) is 11.4. The summed E-state index contributed by atoms with van der Waals surface area (Å²) >= 11 is 5.07. The van der Waals surface area contributed by atoms with E-state index in [1.54, 1.807) is 22.4 Å². The number of nitrogens with zero attached hydrogens (tertiary/aromatic N) is 2. The number of carbonyl (C=O) groups is 1. The molecule has 0 unspecified atom stereocenters. The Hall–Kier alpha value is -1.72. The molecule has 0 aliphatic heterocycles. The average Bonchev–Trinajstić information content (AvgIpc) is 2.91. The van der Waals surface area contributed by atoms with Crippen molar-refractivity contribution in [3.8, 4) is 0 Å². The van der Waals surface area contributed by atoms with Crippen LogP contribution in [0.3, 0.4) is 0 Å². The van der Waals surface area contributed by atoms with Gasteiger partial charge in [-0.3, -0.25) is 9.78 Å². The lowest BCUT2D eigenvalue weighted by Gasteiger charge is -2.16. The van der Waals surface area contributed by atoms with Gasteiger partial charge in [0, 0.05) is 38.9 Å². The van der Waals surface area contributed by atoms with Crippen LogP contribution in [0.4, 0.5) is 0 Å². The lowest BCUT2D eigenvalue weighted by Crippen LogP contribution is -2.25. The number of aromatic nitrogens is 1. The molecule has 0 atom stereocenters. The summed E-state index contributed by atoms with van der Waals surface area (Å²) in [5.41, 5.74) is 1.59. The molecule has 0 spiro atoms. The van der Waals surface area contributed by atoms with E-state index in [2.05, 4.69) is 20.9 Å². The molecular weight excluding hydrogens is 348 g/mol. The van der Waals surface area contributed by atoms with E-state index in [0.29, 0.717) is 12.1 Å². The second-order valence-corrected chi connectivity index (χ2v) is 6.71. The molecule has 0 saturated heterocycles. The van der Waals surface area contributed by atoms with E-state index in [-0.39, 0.29) is 5.91 Å². The first-order chi connectivity index (χ1) is 10.1. The number of halogens is 1. The van der Waals surface area contributed by atoms with Crippen molar-refractivity contribution in [3.63, 3.8) is 0 Å². The minimum absolute atomic E-state index is 0.0188. The third-order valence-corrected chi connectivity index (χ3v) is 4.89. The van der Waals surface area contributed by atoms with Gasteiger partial charge in [0.2, 0.25) is 0 Å². The van der Waals surface area contributed by atoms with Gasteiger partial charge in [-0.05, 0) is 46.3 Å². The first kappa shape index (κ1) is 14.2. The maximum atomic E-state index is 12.5. The minimum Gasteiger partial charge on any atom is -0.337 e. The maximum absolute atomic E-state index is 12.5. The standard InChI is InChI=1S/C16H13BrN2OS/c1-19(9-14-8-13(17)10-21-14)16(20)12-4-5-15-11(7-12)3-2-6-18-15/h2-8,10H,9H2,1H3. The minimum atomic E-state index is 0.0188. The highest BCUT2D eigenvalue weighted by Gasteiger charge is 2.13. The highest BCUT2D eigenvalue weighted by molar-refractivity contribution is 9.10. The summed E-state index contributed by atoms with van der Waals surface area (Å²) in [5, 5.41) is 3.01. The van der Waals surface area contributed by atoms with Gasteiger partial charge in [0.25, 0.3) is 5.91 Å². The molecule has 0 N–H and O–H groups in total. The van der Waals surface area contributed by atoms with Crippen LogP contribution in [0.1, 0.15) is 15.2 Å². The number of rotatable bonds is 3. The number of pyridine rings is 1. The Bertz CT molecular complexity index is 800. The van der Waals surface area contributed by atoms with Gasteiger partial charge >= 0.3 is 0 Å². The van der Waals surface area contributed by atoms with Crippen molar-refractivity contribution in [1.82, 2.24) is 9.88 Å². The maximum Gasteiger partial charge on any atom is 0.253 e. The van der Waals surface area contributed by atoms with Gasteiger partial charge in [0.1, 0.15) is 0 Å². The van der Waals surface area contributed by atoms with Crippen LogP contribution in [0.2, 0.25) is 0 Å². The van der Waals surface area contributed by atoms with Crippen molar-refractivity contribution < 1.29 is 4.79 Å². The molecule has 0 aliphatic carbocycles. The number of hydrogen-bond donors (Lipinski definition) is 0. The van der Waals surface area contributed by atoms with Crippen LogP contribution < -0.4 is 0 Å². The number of benzene rings is 1. The smallest absolute Gasteiger partial charge is 0.253 e. The zero-order valence-corrected chi connectivity index (χ0v) is 13.8. The van der Waals surface area contributed by atoms with Gasteiger partial charge in [0.05, 0.1) is 12.1 Å². The highest BCUT2D eigenvalue weighted by atomic mass is 79.9. The summed E-state index contributed by atoms with van der Waals surface area (Å²) < 4.78 is 1.06. The molecule has 2 aromatic heterocycles. The third kappa shape index (κ3) is 3.14. The van der Waals surface area contributed by atoms with E-state index >= 15 is 0 Å². The van der Waals surface area contributed by atoms with Gasteiger partial charge in [-0.25, -0.2) is 0 Å². The monoisotopic (exact) mass is 360 g/mol. The van der Waals surface area contributed by atoms with Gasteiger partial charge in [-0.1, -0.05) is 6.07 Å². The summed E-state index contributed by atoms with van der Waals surface area (Å²) in [5.74, 6) is 0.0188. The molecule has 1 aromatic carbocycles. The Kier molecular flexibility index (Phi) is 4.03. The molecule has 5 heteroatoms. The molecule has 0 radical (unpaired) electrons. The fourth-order valence-electron chi connectivity index (χ4n) is 2.17. The van der Waals surface area contributed by atoms with E-state index in [1.807, 2.05) is 48.8 Å². The van der Waals surface area contributed by atoms with E-state index in [1.165, 1.54) is 0 Å². The molecule has 0 bridgehead atoms. The average molecular weight is 361 g/mol. The SMILES string of the molecule is CN(Cc1cc(Br)cs1)C(=O)c1ccc2ncccc2c1.